The molecule has 35 heavy (non-hydrogen) atoms. The third kappa shape index (κ3) is 4.23. The van der Waals surface area contributed by atoms with E-state index in [1.807, 2.05) is 12.1 Å². The zero-order chi connectivity index (χ0) is 24.0. The first kappa shape index (κ1) is 22.9. The van der Waals surface area contributed by atoms with E-state index in [-0.39, 0.29) is 0 Å². The second kappa shape index (κ2) is 9.19. The number of piperidine rings is 1. The molecular weight excluding hydrogens is 434 g/mol. The Labute approximate surface area is 210 Å². The molecule has 0 unspecified atom stereocenters. The minimum Gasteiger partial charge on any atom is -0.497 e. The number of rotatable bonds is 7. The number of ether oxygens (including phenoxy) is 2. The smallest absolute Gasteiger partial charge is 0.229 e. The third-order valence-corrected chi connectivity index (χ3v) is 9.66. The molecule has 0 radical (unpaired) electrons. The maximum atomic E-state index is 14.7. The van der Waals surface area contributed by atoms with Crippen LogP contribution in [-0.4, -0.2) is 37.6 Å². The molecule has 4 bridgehead atoms. The molecule has 5 fully saturated rings. The first-order valence-corrected chi connectivity index (χ1v) is 13.6. The summed E-state index contributed by atoms with van der Waals surface area (Å²) in [5.41, 5.74) is 1.95. The van der Waals surface area contributed by atoms with Gasteiger partial charge in [0.25, 0.3) is 0 Å². The van der Waals surface area contributed by atoms with Crippen molar-refractivity contribution < 1.29 is 14.3 Å². The van der Waals surface area contributed by atoms with E-state index in [9.17, 15) is 4.79 Å². The van der Waals surface area contributed by atoms with Gasteiger partial charge in [-0.25, -0.2) is 0 Å². The molecule has 0 N–H and O–H groups in total. The molecule has 0 spiro atoms. The molecule has 4 aliphatic carbocycles. The zero-order valence-corrected chi connectivity index (χ0v) is 21.2. The second-order valence-electron chi connectivity index (χ2n) is 11.9. The average molecular weight is 474 g/mol. The van der Waals surface area contributed by atoms with Crippen molar-refractivity contribution >= 4 is 5.91 Å². The molecular formula is C31H39NO3. The van der Waals surface area contributed by atoms with Crippen molar-refractivity contribution in [3.05, 3.63) is 59.7 Å². The predicted octanol–water partition coefficient (Wildman–Crippen LogP) is 5.92. The number of benzene rings is 2. The number of hydrogen-bond acceptors (Lipinski definition) is 3. The number of likely N-dealkylation sites (tertiary alicyclic amines) is 1. The van der Waals surface area contributed by atoms with Crippen LogP contribution >= 0.6 is 0 Å². The monoisotopic (exact) mass is 473 g/mol. The van der Waals surface area contributed by atoms with Crippen LogP contribution in [0.1, 0.15) is 56.1 Å². The predicted molar refractivity (Wildman–Crippen MR) is 138 cm³/mol. The number of methoxy groups -OCH3 is 2. The van der Waals surface area contributed by atoms with Crippen LogP contribution in [0.25, 0.3) is 0 Å². The average Bonchev–Trinajstić information content (AvgIpc) is 2.86. The summed E-state index contributed by atoms with van der Waals surface area (Å²) in [4.78, 5) is 17.0. The van der Waals surface area contributed by atoms with Crippen LogP contribution in [0, 0.1) is 29.1 Å². The van der Waals surface area contributed by atoms with Gasteiger partial charge in [0.1, 0.15) is 11.5 Å². The van der Waals surface area contributed by atoms with Crippen molar-refractivity contribution in [2.24, 2.45) is 29.1 Å². The number of hydrogen-bond donors (Lipinski definition) is 0. The lowest BCUT2D eigenvalue weighted by atomic mass is 9.53. The van der Waals surface area contributed by atoms with E-state index < -0.39 is 5.41 Å². The fourth-order valence-electron chi connectivity index (χ4n) is 8.53. The number of carbonyl (C=O) groups is 1. The van der Waals surface area contributed by atoms with Gasteiger partial charge < -0.3 is 14.4 Å². The van der Waals surface area contributed by atoms with Crippen LogP contribution in [0.4, 0.5) is 0 Å². The van der Waals surface area contributed by atoms with Crippen molar-refractivity contribution in [3.8, 4) is 11.5 Å². The maximum absolute atomic E-state index is 14.7. The van der Waals surface area contributed by atoms with Gasteiger partial charge in [0.05, 0.1) is 19.6 Å². The van der Waals surface area contributed by atoms with Gasteiger partial charge >= 0.3 is 0 Å². The summed E-state index contributed by atoms with van der Waals surface area (Å²) in [6.45, 7) is 0.934. The number of amides is 1. The Balaban J connectivity index is 1.34. The first-order valence-electron chi connectivity index (χ1n) is 13.6. The minimum atomic E-state index is -0.425. The van der Waals surface area contributed by atoms with Gasteiger partial charge in [0.15, 0.2) is 0 Å². The van der Waals surface area contributed by atoms with E-state index in [1.54, 1.807) is 14.2 Å². The quantitative estimate of drug-likeness (QED) is 0.501. The first-order chi connectivity index (χ1) is 17.1. The lowest BCUT2D eigenvalue weighted by Gasteiger charge is -2.59. The van der Waals surface area contributed by atoms with E-state index in [0.717, 1.165) is 67.4 Å². The Morgan fingerprint density at radius 2 is 1.37 bits per heavy atom. The van der Waals surface area contributed by atoms with Crippen LogP contribution < -0.4 is 9.47 Å². The Hall–Kier alpha value is -2.49. The highest BCUT2D eigenvalue weighted by atomic mass is 16.5. The molecule has 5 aliphatic rings. The van der Waals surface area contributed by atoms with Crippen LogP contribution in [-0.2, 0) is 17.6 Å². The van der Waals surface area contributed by atoms with Gasteiger partial charge in [-0.15, -0.1) is 0 Å². The van der Waals surface area contributed by atoms with Crippen molar-refractivity contribution in [1.29, 1.82) is 0 Å². The Kier molecular flexibility index (Phi) is 6.02. The summed E-state index contributed by atoms with van der Waals surface area (Å²) in [6.07, 6.45) is 10.4. The number of nitrogens with zero attached hydrogens (tertiary/aromatic N) is 1. The summed E-state index contributed by atoms with van der Waals surface area (Å²) in [5.74, 6) is 5.41. The summed E-state index contributed by atoms with van der Waals surface area (Å²) in [7, 11) is 3.43. The van der Waals surface area contributed by atoms with E-state index in [1.165, 1.54) is 43.2 Å². The van der Waals surface area contributed by atoms with Gasteiger partial charge in [-0.2, -0.15) is 0 Å². The molecule has 186 valence electrons. The highest BCUT2D eigenvalue weighted by molar-refractivity contribution is 5.84. The molecule has 7 rings (SSSR count). The summed E-state index contributed by atoms with van der Waals surface area (Å²) < 4.78 is 11.0. The molecule has 1 heterocycles. The van der Waals surface area contributed by atoms with Gasteiger partial charge in [-0.1, -0.05) is 24.3 Å². The fourth-order valence-corrected chi connectivity index (χ4v) is 8.53. The SMILES string of the molecule is COc1cccc(CC2(Cc3cccc(OC)c3)CCCN(C3C4CC5CC(C4)CC3C5)C2=O)c1. The molecule has 4 heteroatoms. The Bertz CT molecular complexity index is 1000. The topological polar surface area (TPSA) is 38.8 Å². The Morgan fingerprint density at radius 1 is 0.829 bits per heavy atom. The standard InChI is InChI=1S/C31H39NO3/c1-34-27-8-3-6-21(17-27)19-31(20-22-7-4-9-28(18-22)35-2)10-5-11-32(30(31)33)29-25-13-23-12-24(15-25)16-26(29)14-23/h3-4,6-9,17-18,23-26,29H,5,10-16,19-20H2,1-2H3. The van der Waals surface area contributed by atoms with Gasteiger partial charge in [0.2, 0.25) is 5.91 Å². The number of carbonyl (C=O) groups excluding carboxylic acids is 1. The molecule has 2 aromatic rings. The van der Waals surface area contributed by atoms with Gasteiger partial charge in [-0.05, 0) is 117 Å². The molecule has 0 aromatic heterocycles. The van der Waals surface area contributed by atoms with Crippen molar-refractivity contribution in [3.63, 3.8) is 0 Å². The van der Waals surface area contributed by atoms with E-state index in [4.69, 9.17) is 9.47 Å². The van der Waals surface area contributed by atoms with Crippen molar-refractivity contribution in [2.75, 3.05) is 20.8 Å². The van der Waals surface area contributed by atoms with E-state index in [2.05, 4.69) is 41.3 Å². The van der Waals surface area contributed by atoms with Crippen LogP contribution in [0.5, 0.6) is 11.5 Å². The maximum Gasteiger partial charge on any atom is 0.229 e. The van der Waals surface area contributed by atoms with Crippen LogP contribution in [0.15, 0.2) is 48.5 Å². The highest BCUT2D eigenvalue weighted by Crippen LogP contribution is 2.56. The van der Waals surface area contributed by atoms with E-state index in [0.29, 0.717) is 11.9 Å². The molecule has 1 aliphatic heterocycles. The molecule has 4 saturated carbocycles. The third-order valence-electron chi connectivity index (χ3n) is 9.66. The van der Waals surface area contributed by atoms with Crippen molar-refractivity contribution in [2.45, 2.75) is 63.8 Å². The molecule has 1 amide bonds. The second-order valence-corrected chi connectivity index (χ2v) is 11.9. The fraction of sp³-hybridized carbons (Fsp3) is 0.581. The minimum absolute atomic E-state index is 0.395. The van der Waals surface area contributed by atoms with Crippen molar-refractivity contribution in [1.82, 2.24) is 4.90 Å². The Morgan fingerprint density at radius 3 is 1.89 bits per heavy atom. The largest absolute Gasteiger partial charge is 0.497 e. The van der Waals surface area contributed by atoms with Crippen LogP contribution in [0.3, 0.4) is 0 Å². The van der Waals surface area contributed by atoms with Crippen LogP contribution in [0.2, 0.25) is 0 Å². The molecule has 4 nitrogen and oxygen atoms in total. The van der Waals surface area contributed by atoms with E-state index >= 15 is 0 Å². The van der Waals surface area contributed by atoms with Gasteiger partial charge in [-0.3, -0.25) is 4.79 Å². The summed E-state index contributed by atoms with van der Waals surface area (Å²) in [5, 5.41) is 0. The summed E-state index contributed by atoms with van der Waals surface area (Å²) in [6, 6.07) is 17.1. The zero-order valence-electron chi connectivity index (χ0n) is 21.2. The lowest BCUT2D eigenvalue weighted by Crippen LogP contribution is -2.62. The lowest BCUT2D eigenvalue weighted by molar-refractivity contribution is -0.160. The highest BCUT2D eigenvalue weighted by Gasteiger charge is 2.54. The molecule has 0 atom stereocenters. The molecule has 1 saturated heterocycles. The van der Waals surface area contributed by atoms with Gasteiger partial charge in [0, 0.05) is 12.6 Å². The summed E-state index contributed by atoms with van der Waals surface area (Å²) >= 11 is 0. The molecule has 2 aromatic carbocycles. The normalized spacial score (nSPS) is 31.0.